The van der Waals surface area contributed by atoms with E-state index in [1.807, 2.05) is 6.08 Å². The van der Waals surface area contributed by atoms with E-state index in [-0.39, 0.29) is 47.8 Å². The van der Waals surface area contributed by atoms with Crippen molar-refractivity contribution in [2.24, 2.45) is 23.2 Å². The Morgan fingerprint density at radius 2 is 1.97 bits per heavy atom. The van der Waals surface area contributed by atoms with E-state index in [0.717, 1.165) is 32.1 Å². The second-order valence-electron chi connectivity index (χ2n) is 9.88. The molecule has 2 aliphatic rings. The molecule has 1 unspecified atom stereocenters. The average Bonchev–Trinajstić information content (AvgIpc) is 3.04. The number of aliphatic hydroxyl groups is 2. The molecule has 2 fully saturated rings. The normalized spacial score (nSPS) is 27.5. The van der Waals surface area contributed by atoms with Gasteiger partial charge in [-0.25, -0.2) is 0 Å². The Hall–Kier alpha value is -1.66. The van der Waals surface area contributed by atoms with Gasteiger partial charge in [0.1, 0.15) is 6.10 Å². The number of methoxy groups -OCH3 is 1. The Balaban J connectivity index is 1.99. The number of hydrogen-bond acceptors (Lipinski definition) is 6. The largest absolute Gasteiger partial charge is 0.469 e. The molecule has 188 valence electrons. The Labute approximate surface area is 199 Å². The van der Waals surface area contributed by atoms with E-state index in [4.69, 9.17) is 4.74 Å². The number of ether oxygens (including phenoxy) is 2. The molecule has 33 heavy (non-hydrogen) atoms. The number of hydrogen-bond donors (Lipinski definition) is 2. The molecule has 5 atom stereocenters. The van der Waals surface area contributed by atoms with Gasteiger partial charge < -0.3 is 19.7 Å². The number of rotatable bonds is 14. The van der Waals surface area contributed by atoms with Crippen molar-refractivity contribution in [3.8, 4) is 0 Å². The molecular formula is C27H44O6. The molecule has 2 aliphatic carbocycles. The zero-order chi connectivity index (χ0) is 24.3. The molecule has 0 heterocycles. The predicted octanol–water partition coefficient (Wildman–Crippen LogP) is 4.73. The van der Waals surface area contributed by atoms with Gasteiger partial charge in [-0.15, -0.1) is 0 Å². The van der Waals surface area contributed by atoms with E-state index in [0.29, 0.717) is 19.3 Å². The molecule has 2 saturated carbocycles. The Kier molecular flexibility index (Phi) is 11.6. The summed E-state index contributed by atoms with van der Waals surface area (Å²) in [5.41, 5.74) is 0.273. The molecule has 2 N–H and O–H groups in total. The molecule has 0 amide bonds. The first-order valence-corrected chi connectivity index (χ1v) is 12.7. The maximum absolute atomic E-state index is 11.6. The van der Waals surface area contributed by atoms with Gasteiger partial charge >= 0.3 is 11.9 Å². The van der Waals surface area contributed by atoms with Gasteiger partial charge in [0.25, 0.3) is 0 Å². The standard InChI is InChI=1S/C27H44O6/c1-4-15-27(16-10-17-27)21(19-28)11-9-13-22-23(25(18-24(22)30)33-20(2)29)12-7-5-6-8-14-26(31)32-3/h5,7,9,13,21-25,28,30H,4,6,8,10-12,14-19H2,1-3H3/b7-5-,13-9+/t21?,22-,23-,24-,25+/m1/s1. The van der Waals surface area contributed by atoms with Crippen LogP contribution in [-0.2, 0) is 19.1 Å². The zero-order valence-corrected chi connectivity index (χ0v) is 20.7. The summed E-state index contributed by atoms with van der Waals surface area (Å²) >= 11 is 0. The van der Waals surface area contributed by atoms with E-state index in [1.54, 1.807) is 0 Å². The number of aliphatic hydroxyl groups excluding tert-OH is 2. The van der Waals surface area contributed by atoms with Crippen LogP contribution in [0.15, 0.2) is 24.3 Å². The third-order valence-electron chi connectivity index (χ3n) is 7.72. The lowest BCUT2D eigenvalue weighted by atomic mass is 9.58. The quantitative estimate of drug-likeness (QED) is 0.219. The first-order valence-electron chi connectivity index (χ1n) is 12.7. The molecule has 0 aromatic carbocycles. The fourth-order valence-corrected chi connectivity index (χ4v) is 5.78. The number of carbonyl (C=O) groups is 2. The first-order chi connectivity index (χ1) is 15.9. The maximum Gasteiger partial charge on any atom is 0.305 e. The van der Waals surface area contributed by atoms with Gasteiger partial charge in [-0.05, 0) is 56.3 Å². The molecule has 2 rings (SSSR count). The molecule has 6 nitrogen and oxygen atoms in total. The van der Waals surface area contributed by atoms with Gasteiger partial charge in [0, 0.05) is 38.2 Å². The molecule has 0 radical (unpaired) electrons. The van der Waals surface area contributed by atoms with Gasteiger partial charge in [-0.2, -0.15) is 0 Å². The Bertz CT molecular complexity index is 666. The lowest BCUT2D eigenvalue weighted by Gasteiger charge is -2.47. The number of allylic oxidation sites excluding steroid dienone is 3. The van der Waals surface area contributed by atoms with Crippen molar-refractivity contribution in [1.29, 1.82) is 0 Å². The highest BCUT2D eigenvalue weighted by Crippen LogP contribution is 2.52. The SMILES string of the molecule is CCCC1(C(CO)C/C=C/[C@@H]2[C@@H](C/C=C\CCCC(=O)OC)[C@@H](OC(C)=O)C[C@H]2O)CCC1. The van der Waals surface area contributed by atoms with Crippen LogP contribution < -0.4 is 0 Å². The summed E-state index contributed by atoms with van der Waals surface area (Å²) in [6.07, 6.45) is 17.3. The summed E-state index contributed by atoms with van der Waals surface area (Å²) in [5.74, 6) is -0.338. The van der Waals surface area contributed by atoms with Crippen LogP contribution >= 0.6 is 0 Å². The number of unbranched alkanes of at least 4 members (excludes halogenated alkanes) is 1. The van der Waals surface area contributed by atoms with Gasteiger partial charge in [0.15, 0.2) is 0 Å². The van der Waals surface area contributed by atoms with Crippen LogP contribution in [0.1, 0.15) is 84.5 Å². The van der Waals surface area contributed by atoms with Crippen LogP contribution in [-0.4, -0.2) is 48.1 Å². The molecule has 0 spiro atoms. The minimum Gasteiger partial charge on any atom is -0.469 e. The summed E-state index contributed by atoms with van der Waals surface area (Å²) in [6.45, 7) is 3.82. The monoisotopic (exact) mass is 464 g/mol. The van der Waals surface area contributed by atoms with Crippen LogP contribution in [0.2, 0.25) is 0 Å². The van der Waals surface area contributed by atoms with Crippen LogP contribution in [0.4, 0.5) is 0 Å². The lowest BCUT2D eigenvalue weighted by Crippen LogP contribution is -2.39. The fourth-order valence-electron chi connectivity index (χ4n) is 5.78. The van der Waals surface area contributed by atoms with Crippen molar-refractivity contribution in [2.75, 3.05) is 13.7 Å². The van der Waals surface area contributed by atoms with E-state index in [9.17, 15) is 19.8 Å². The van der Waals surface area contributed by atoms with Crippen LogP contribution in [0.25, 0.3) is 0 Å². The topological polar surface area (TPSA) is 93.1 Å². The van der Waals surface area contributed by atoms with Crippen LogP contribution in [0.3, 0.4) is 0 Å². The minimum absolute atomic E-state index is 0.0119. The molecule has 0 saturated heterocycles. The molecule has 0 aromatic rings. The fraction of sp³-hybridized carbons (Fsp3) is 0.778. The summed E-state index contributed by atoms with van der Waals surface area (Å²) in [7, 11) is 1.39. The highest BCUT2D eigenvalue weighted by molar-refractivity contribution is 5.69. The average molecular weight is 465 g/mol. The molecular weight excluding hydrogens is 420 g/mol. The highest BCUT2D eigenvalue weighted by atomic mass is 16.5. The molecule has 0 aromatic heterocycles. The summed E-state index contributed by atoms with van der Waals surface area (Å²) in [6, 6.07) is 0. The summed E-state index contributed by atoms with van der Waals surface area (Å²) in [4.78, 5) is 22.8. The third-order valence-corrected chi connectivity index (χ3v) is 7.72. The van der Waals surface area contributed by atoms with Gasteiger partial charge in [0.2, 0.25) is 0 Å². The Morgan fingerprint density at radius 1 is 1.21 bits per heavy atom. The molecule has 0 aliphatic heterocycles. The van der Waals surface area contributed by atoms with E-state index < -0.39 is 6.10 Å². The van der Waals surface area contributed by atoms with Gasteiger partial charge in [-0.3, -0.25) is 9.59 Å². The summed E-state index contributed by atoms with van der Waals surface area (Å²) < 4.78 is 10.2. The van der Waals surface area contributed by atoms with Gasteiger partial charge in [0.05, 0.1) is 13.2 Å². The van der Waals surface area contributed by atoms with Crippen molar-refractivity contribution < 1.29 is 29.3 Å². The van der Waals surface area contributed by atoms with Crippen molar-refractivity contribution in [2.45, 2.75) is 96.7 Å². The zero-order valence-electron chi connectivity index (χ0n) is 20.7. The second-order valence-corrected chi connectivity index (χ2v) is 9.88. The van der Waals surface area contributed by atoms with Crippen molar-refractivity contribution in [1.82, 2.24) is 0 Å². The molecule has 6 heteroatoms. The van der Waals surface area contributed by atoms with E-state index in [2.05, 4.69) is 29.9 Å². The van der Waals surface area contributed by atoms with Crippen LogP contribution in [0.5, 0.6) is 0 Å². The number of esters is 2. The van der Waals surface area contributed by atoms with Crippen LogP contribution in [0, 0.1) is 23.2 Å². The van der Waals surface area contributed by atoms with Crippen molar-refractivity contribution in [3.05, 3.63) is 24.3 Å². The maximum atomic E-state index is 11.6. The van der Waals surface area contributed by atoms with Crippen molar-refractivity contribution >= 4 is 11.9 Å². The highest BCUT2D eigenvalue weighted by Gasteiger charge is 2.43. The van der Waals surface area contributed by atoms with E-state index in [1.165, 1.54) is 33.3 Å². The lowest BCUT2D eigenvalue weighted by molar-refractivity contribution is -0.148. The second kappa shape index (κ2) is 13.9. The smallest absolute Gasteiger partial charge is 0.305 e. The molecule has 0 bridgehead atoms. The third kappa shape index (κ3) is 7.96. The summed E-state index contributed by atoms with van der Waals surface area (Å²) in [5, 5.41) is 20.8. The van der Waals surface area contributed by atoms with E-state index >= 15 is 0 Å². The van der Waals surface area contributed by atoms with Crippen molar-refractivity contribution in [3.63, 3.8) is 0 Å². The first kappa shape index (κ1) is 27.6. The minimum atomic E-state index is -0.552. The predicted molar refractivity (Wildman–Crippen MR) is 128 cm³/mol. The Morgan fingerprint density at radius 3 is 2.55 bits per heavy atom. The van der Waals surface area contributed by atoms with Gasteiger partial charge in [-0.1, -0.05) is 44.1 Å². The number of carbonyl (C=O) groups excluding carboxylic acids is 2.